The van der Waals surface area contributed by atoms with Crippen molar-refractivity contribution in [1.82, 2.24) is 4.72 Å². The Kier molecular flexibility index (Phi) is 4.53. The van der Waals surface area contributed by atoms with Gasteiger partial charge in [0.05, 0.1) is 9.82 Å². The van der Waals surface area contributed by atoms with Crippen LogP contribution in [0.1, 0.15) is 11.1 Å². The molecule has 0 aliphatic rings. The van der Waals surface area contributed by atoms with Crippen LogP contribution in [0.25, 0.3) is 0 Å². The summed E-state index contributed by atoms with van der Waals surface area (Å²) in [4.78, 5) is 10.0. The van der Waals surface area contributed by atoms with Crippen LogP contribution in [0.3, 0.4) is 0 Å². The van der Waals surface area contributed by atoms with Gasteiger partial charge in [-0.3, -0.25) is 10.1 Å². The van der Waals surface area contributed by atoms with Crippen LogP contribution in [0.5, 0.6) is 0 Å². The number of benzene rings is 2. The van der Waals surface area contributed by atoms with Crippen LogP contribution in [-0.4, -0.2) is 13.3 Å². The van der Waals surface area contributed by atoms with Crippen molar-refractivity contribution in [3.05, 3.63) is 69.5 Å². The van der Waals surface area contributed by atoms with Crippen LogP contribution in [0, 0.1) is 22.9 Å². The topological polar surface area (TPSA) is 89.3 Å². The van der Waals surface area contributed by atoms with E-state index >= 15 is 0 Å². The monoisotopic (exact) mass is 324 g/mol. The Hall–Kier alpha value is -2.32. The van der Waals surface area contributed by atoms with E-state index in [4.69, 9.17) is 0 Å². The third kappa shape index (κ3) is 3.29. The Morgan fingerprint density at radius 3 is 2.50 bits per heavy atom. The maximum atomic E-state index is 13.5. The summed E-state index contributed by atoms with van der Waals surface area (Å²) >= 11 is 0. The number of hydrogen-bond donors (Lipinski definition) is 1. The summed E-state index contributed by atoms with van der Waals surface area (Å²) < 4.78 is 40.3. The van der Waals surface area contributed by atoms with Gasteiger partial charge >= 0.3 is 0 Å². The first kappa shape index (κ1) is 16.1. The predicted octanol–water partition coefficient (Wildman–Crippen LogP) is 2.52. The number of rotatable bonds is 5. The minimum Gasteiger partial charge on any atom is -0.258 e. The van der Waals surface area contributed by atoms with Gasteiger partial charge in [-0.25, -0.2) is 17.5 Å². The first-order valence-corrected chi connectivity index (χ1v) is 7.78. The fraction of sp³-hybridized carbons (Fsp3) is 0.143. The molecular formula is C14H13FN2O4S. The summed E-state index contributed by atoms with van der Waals surface area (Å²) in [5.74, 6) is -0.527. The van der Waals surface area contributed by atoms with E-state index in [1.165, 1.54) is 43.3 Å². The summed E-state index contributed by atoms with van der Waals surface area (Å²) in [6.45, 7) is 1.12. The van der Waals surface area contributed by atoms with Gasteiger partial charge in [0.1, 0.15) is 5.82 Å². The number of hydrogen-bond acceptors (Lipinski definition) is 4. The Bertz CT molecular complexity index is 821. The average molecular weight is 324 g/mol. The number of halogens is 1. The summed E-state index contributed by atoms with van der Waals surface area (Å²) in [7, 11) is -3.98. The van der Waals surface area contributed by atoms with Gasteiger partial charge in [-0.2, -0.15) is 0 Å². The Morgan fingerprint density at radius 1 is 1.18 bits per heavy atom. The second kappa shape index (κ2) is 6.20. The molecule has 0 atom stereocenters. The van der Waals surface area contributed by atoms with Crippen molar-refractivity contribution < 1.29 is 17.7 Å². The Morgan fingerprint density at radius 2 is 1.86 bits per heavy atom. The van der Waals surface area contributed by atoms with Gasteiger partial charge in [-0.15, -0.1) is 0 Å². The van der Waals surface area contributed by atoms with E-state index in [0.717, 1.165) is 0 Å². The molecule has 0 bridgehead atoms. The quantitative estimate of drug-likeness (QED) is 0.676. The van der Waals surface area contributed by atoms with Crippen LogP contribution in [0.2, 0.25) is 0 Å². The molecule has 0 saturated carbocycles. The molecule has 1 N–H and O–H groups in total. The van der Waals surface area contributed by atoms with E-state index < -0.39 is 20.8 Å². The van der Waals surface area contributed by atoms with Crippen molar-refractivity contribution in [2.45, 2.75) is 18.4 Å². The lowest BCUT2D eigenvalue weighted by Crippen LogP contribution is -2.24. The third-order valence-corrected chi connectivity index (χ3v) is 4.70. The number of nitro groups is 1. The van der Waals surface area contributed by atoms with Crippen LogP contribution in [0.4, 0.5) is 10.1 Å². The highest BCUT2D eigenvalue weighted by Crippen LogP contribution is 2.24. The molecule has 0 spiro atoms. The zero-order valence-electron chi connectivity index (χ0n) is 11.6. The van der Waals surface area contributed by atoms with Crippen LogP contribution in [0.15, 0.2) is 47.4 Å². The van der Waals surface area contributed by atoms with Gasteiger partial charge in [0, 0.05) is 23.7 Å². The maximum absolute atomic E-state index is 13.5. The molecule has 0 aromatic heterocycles. The van der Waals surface area contributed by atoms with E-state index in [2.05, 4.69) is 4.72 Å². The van der Waals surface area contributed by atoms with Crippen molar-refractivity contribution in [3.63, 3.8) is 0 Å². The lowest BCUT2D eigenvalue weighted by molar-refractivity contribution is -0.385. The van der Waals surface area contributed by atoms with Crippen molar-refractivity contribution in [3.8, 4) is 0 Å². The molecule has 0 fully saturated rings. The van der Waals surface area contributed by atoms with E-state index in [1.807, 2.05) is 0 Å². The molecule has 116 valence electrons. The van der Waals surface area contributed by atoms with Crippen LogP contribution >= 0.6 is 0 Å². The molecule has 0 amide bonds. The lowest BCUT2D eigenvalue weighted by atomic mass is 10.2. The van der Waals surface area contributed by atoms with E-state index in [-0.39, 0.29) is 28.3 Å². The lowest BCUT2D eigenvalue weighted by Gasteiger charge is -2.10. The van der Waals surface area contributed by atoms with Gasteiger partial charge in [0.25, 0.3) is 5.69 Å². The van der Waals surface area contributed by atoms with Gasteiger partial charge < -0.3 is 0 Å². The standard InChI is InChI=1S/C14H13FN2O4S/c1-10-13(17(18)19)7-4-8-14(10)22(20,21)16-9-11-5-2-3-6-12(11)15/h2-8,16H,9H2,1H3. The van der Waals surface area contributed by atoms with Gasteiger partial charge in [0.15, 0.2) is 0 Å². The molecule has 2 aromatic carbocycles. The molecule has 0 unspecified atom stereocenters. The third-order valence-electron chi connectivity index (χ3n) is 3.15. The smallest absolute Gasteiger partial charge is 0.258 e. The Labute approximate surface area is 126 Å². The molecule has 0 aliphatic heterocycles. The zero-order valence-corrected chi connectivity index (χ0v) is 12.4. The molecule has 0 heterocycles. The maximum Gasteiger partial charge on any atom is 0.273 e. The molecule has 22 heavy (non-hydrogen) atoms. The first-order chi connectivity index (χ1) is 10.3. The van der Waals surface area contributed by atoms with E-state index in [9.17, 15) is 22.9 Å². The molecule has 2 rings (SSSR count). The number of nitrogens with one attached hydrogen (secondary N) is 1. The molecule has 0 aliphatic carbocycles. The fourth-order valence-electron chi connectivity index (χ4n) is 1.98. The highest BCUT2D eigenvalue weighted by molar-refractivity contribution is 7.89. The van der Waals surface area contributed by atoms with E-state index in [1.54, 1.807) is 6.07 Å². The molecule has 8 heteroatoms. The van der Waals surface area contributed by atoms with Gasteiger partial charge in [0.2, 0.25) is 10.0 Å². The summed E-state index contributed by atoms with van der Waals surface area (Å²) in [6, 6.07) is 9.56. The second-order valence-corrected chi connectivity index (χ2v) is 6.31. The SMILES string of the molecule is Cc1c([N+](=O)[O-])cccc1S(=O)(=O)NCc1ccccc1F. The first-order valence-electron chi connectivity index (χ1n) is 6.30. The molecule has 0 radical (unpaired) electrons. The van der Waals surface area contributed by atoms with Gasteiger partial charge in [-0.1, -0.05) is 24.3 Å². The second-order valence-electron chi connectivity index (χ2n) is 4.57. The highest BCUT2D eigenvalue weighted by atomic mass is 32.2. The normalized spacial score (nSPS) is 11.4. The van der Waals surface area contributed by atoms with Gasteiger partial charge in [-0.05, 0) is 19.1 Å². The molecular weight excluding hydrogens is 311 g/mol. The van der Waals surface area contributed by atoms with Crippen LogP contribution < -0.4 is 4.72 Å². The molecule has 2 aromatic rings. The zero-order chi connectivity index (χ0) is 16.3. The molecule has 0 saturated heterocycles. The number of nitro benzene ring substituents is 1. The summed E-state index contributed by atoms with van der Waals surface area (Å²) in [5, 5.41) is 10.9. The van der Waals surface area contributed by atoms with E-state index in [0.29, 0.717) is 0 Å². The highest BCUT2D eigenvalue weighted by Gasteiger charge is 2.22. The van der Waals surface area contributed by atoms with Crippen molar-refractivity contribution in [2.24, 2.45) is 0 Å². The largest absolute Gasteiger partial charge is 0.273 e. The van der Waals surface area contributed by atoms with Crippen molar-refractivity contribution in [1.29, 1.82) is 0 Å². The molecule has 6 nitrogen and oxygen atoms in total. The average Bonchev–Trinajstić information content (AvgIpc) is 2.46. The fourth-order valence-corrected chi connectivity index (χ4v) is 3.25. The minimum absolute atomic E-state index is 0.0357. The van der Waals surface area contributed by atoms with Crippen LogP contribution in [-0.2, 0) is 16.6 Å². The minimum atomic E-state index is -3.98. The summed E-state index contributed by atoms with van der Waals surface area (Å²) in [5.41, 5.74) is -0.0588. The predicted molar refractivity (Wildman–Crippen MR) is 78.3 cm³/mol. The van der Waals surface area contributed by atoms with Crippen molar-refractivity contribution >= 4 is 15.7 Å². The Balaban J connectivity index is 2.30. The van der Waals surface area contributed by atoms with Crippen molar-refractivity contribution in [2.75, 3.05) is 0 Å². The summed E-state index contributed by atoms with van der Waals surface area (Å²) in [6.07, 6.45) is 0. The number of sulfonamides is 1. The number of nitrogens with zero attached hydrogens (tertiary/aromatic N) is 1.